The monoisotopic (exact) mass is 729 g/mol. The second kappa shape index (κ2) is 17.9. The number of carbonyl (C=O) groups excluding carboxylic acids is 5. The van der Waals surface area contributed by atoms with E-state index in [1.807, 2.05) is 60.7 Å². The summed E-state index contributed by atoms with van der Waals surface area (Å²) in [6.07, 6.45) is -12.2. The zero-order valence-electron chi connectivity index (χ0n) is 29.4. The second-order valence-corrected chi connectivity index (χ2v) is 12.4. The van der Waals surface area contributed by atoms with E-state index >= 15 is 0 Å². The number of amides is 1. The molecule has 0 spiro atoms. The first-order chi connectivity index (χ1) is 24.9. The van der Waals surface area contributed by atoms with Gasteiger partial charge in [0.05, 0.1) is 13.2 Å². The van der Waals surface area contributed by atoms with Crippen LogP contribution in [0.1, 0.15) is 52.0 Å². The van der Waals surface area contributed by atoms with Gasteiger partial charge in [-0.3, -0.25) is 24.0 Å². The summed E-state index contributed by atoms with van der Waals surface area (Å²) >= 11 is 0. The molecule has 1 amide bonds. The van der Waals surface area contributed by atoms with Crippen molar-refractivity contribution in [2.24, 2.45) is 0 Å². The number of carbonyl (C=O) groups is 5. The van der Waals surface area contributed by atoms with Crippen LogP contribution < -0.4 is 5.32 Å². The van der Waals surface area contributed by atoms with Crippen LogP contribution in [0.4, 0.5) is 0 Å². The van der Waals surface area contributed by atoms with E-state index in [0.29, 0.717) is 5.56 Å². The van der Waals surface area contributed by atoms with E-state index < -0.39 is 104 Å². The molecule has 3 aliphatic heterocycles. The average Bonchev–Trinajstić information content (AvgIpc) is 3.10. The van der Waals surface area contributed by atoms with Gasteiger partial charge in [-0.05, 0) is 5.56 Å². The lowest BCUT2D eigenvalue weighted by atomic mass is 9.94. The Balaban J connectivity index is 1.55. The molecule has 3 aliphatic rings. The van der Waals surface area contributed by atoms with Gasteiger partial charge in [0.1, 0.15) is 37.1 Å². The van der Waals surface area contributed by atoms with Crippen molar-refractivity contribution in [1.82, 2.24) is 5.32 Å². The molecule has 2 aromatic carbocycles. The Morgan fingerprint density at radius 2 is 1.31 bits per heavy atom. The number of ether oxygens (including phenoxy) is 10. The normalized spacial score (nSPS) is 31.3. The predicted octanol–water partition coefficient (Wildman–Crippen LogP) is 2.02. The minimum absolute atomic E-state index is 0.0284. The third-order valence-electron chi connectivity index (χ3n) is 8.28. The molecule has 0 radical (unpaired) electrons. The highest BCUT2D eigenvalue weighted by molar-refractivity contribution is 5.73. The van der Waals surface area contributed by atoms with Crippen molar-refractivity contribution in [2.75, 3.05) is 13.2 Å². The smallest absolute Gasteiger partial charge is 0.303 e. The lowest BCUT2D eigenvalue weighted by Crippen LogP contribution is -2.70. The molecular weight excluding hydrogens is 686 g/mol. The summed E-state index contributed by atoms with van der Waals surface area (Å²) in [5.74, 6) is -3.52. The molecule has 16 heteroatoms. The first-order valence-electron chi connectivity index (χ1n) is 16.8. The summed E-state index contributed by atoms with van der Waals surface area (Å²) in [5, 5.41) is 2.86. The summed E-state index contributed by atoms with van der Waals surface area (Å²) in [7, 11) is 0. The van der Waals surface area contributed by atoms with Crippen LogP contribution in [0.2, 0.25) is 0 Å². The Labute approximate surface area is 300 Å². The van der Waals surface area contributed by atoms with Crippen molar-refractivity contribution in [3.8, 4) is 0 Å². The highest BCUT2D eigenvalue weighted by atomic mass is 16.8. The number of nitrogens with one attached hydrogen (secondary N) is 1. The highest BCUT2D eigenvalue weighted by Gasteiger charge is 2.57. The van der Waals surface area contributed by atoms with Gasteiger partial charge in [-0.1, -0.05) is 60.7 Å². The fraction of sp³-hybridized carbons (Fsp3) is 0.528. The van der Waals surface area contributed by atoms with Crippen LogP contribution in [-0.4, -0.2) is 104 Å². The van der Waals surface area contributed by atoms with Gasteiger partial charge < -0.3 is 52.7 Å². The lowest BCUT2D eigenvalue weighted by Gasteiger charge is -2.51. The number of rotatable bonds is 12. The van der Waals surface area contributed by atoms with Crippen LogP contribution in [0.5, 0.6) is 0 Å². The molecule has 282 valence electrons. The molecule has 3 fully saturated rings. The summed E-state index contributed by atoms with van der Waals surface area (Å²) in [5.41, 5.74) is 1.53. The maximum atomic E-state index is 12.7. The van der Waals surface area contributed by atoms with Crippen molar-refractivity contribution in [2.45, 2.75) is 109 Å². The second-order valence-electron chi connectivity index (χ2n) is 12.4. The summed E-state index contributed by atoms with van der Waals surface area (Å²) < 4.78 is 60.0. The number of hydrogen-bond acceptors (Lipinski definition) is 15. The SMILES string of the molecule is CC(=O)NC1C(OCc2ccccc2)OC2COC(c3ccccc3)OC2C1OC1OC(COC(C)=O)C(OC(C)=O)C(OC(C)=O)C1OC(C)=O. The highest BCUT2D eigenvalue weighted by Crippen LogP contribution is 2.38. The Morgan fingerprint density at radius 3 is 1.92 bits per heavy atom. The van der Waals surface area contributed by atoms with E-state index in [4.69, 9.17) is 47.4 Å². The molecule has 0 aliphatic carbocycles. The summed E-state index contributed by atoms with van der Waals surface area (Å²) in [6.45, 7) is 5.51. The molecule has 0 saturated carbocycles. The molecule has 11 atom stereocenters. The van der Waals surface area contributed by atoms with Crippen molar-refractivity contribution in [1.29, 1.82) is 0 Å². The number of benzene rings is 2. The van der Waals surface area contributed by atoms with Gasteiger partial charge in [-0.15, -0.1) is 0 Å². The molecule has 16 nitrogen and oxygen atoms in total. The van der Waals surface area contributed by atoms with Gasteiger partial charge in [-0.25, -0.2) is 0 Å². The minimum atomic E-state index is -1.59. The molecule has 0 bridgehead atoms. The van der Waals surface area contributed by atoms with Gasteiger partial charge >= 0.3 is 23.9 Å². The van der Waals surface area contributed by atoms with Crippen LogP contribution in [-0.2, 0) is 77.9 Å². The van der Waals surface area contributed by atoms with E-state index in [0.717, 1.165) is 26.3 Å². The van der Waals surface area contributed by atoms with Gasteiger partial charge in [0.25, 0.3) is 0 Å². The first kappa shape index (κ1) is 38.8. The van der Waals surface area contributed by atoms with Gasteiger partial charge in [-0.2, -0.15) is 0 Å². The molecule has 3 saturated heterocycles. The maximum Gasteiger partial charge on any atom is 0.303 e. The zero-order valence-corrected chi connectivity index (χ0v) is 29.4. The van der Waals surface area contributed by atoms with E-state index in [1.165, 1.54) is 13.8 Å². The lowest BCUT2D eigenvalue weighted by molar-refractivity contribution is -0.379. The van der Waals surface area contributed by atoms with Gasteiger partial charge in [0.2, 0.25) is 5.91 Å². The maximum absolute atomic E-state index is 12.7. The number of fused-ring (bicyclic) bond motifs is 1. The molecule has 2 aromatic rings. The predicted molar refractivity (Wildman–Crippen MR) is 174 cm³/mol. The van der Waals surface area contributed by atoms with E-state index in [-0.39, 0.29) is 13.2 Å². The largest absolute Gasteiger partial charge is 0.463 e. The molecule has 11 unspecified atom stereocenters. The van der Waals surface area contributed by atoms with Crippen LogP contribution in [0.3, 0.4) is 0 Å². The summed E-state index contributed by atoms with van der Waals surface area (Å²) in [4.78, 5) is 61.8. The number of hydrogen-bond donors (Lipinski definition) is 1. The minimum Gasteiger partial charge on any atom is -0.463 e. The fourth-order valence-electron chi connectivity index (χ4n) is 6.25. The van der Waals surface area contributed by atoms with Crippen LogP contribution in [0.25, 0.3) is 0 Å². The molecule has 5 rings (SSSR count). The number of esters is 4. The van der Waals surface area contributed by atoms with E-state index in [9.17, 15) is 24.0 Å². The van der Waals surface area contributed by atoms with Gasteiger partial charge in [0.15, 0.2) is 37.2 Å². The average molecular weight is 730 g/mol. The zero-order chi connectivity index (χ0) is 37.4. The van der Waals surface area contributed by atoms with E-state index in [1.54, 1.807) is 0 Å². The Bertz CT molecular complexity index is 1540. The van der Waals surface area contributed by atoms with Crippen molar-refractivity contribution in [3.63, 3.8) is 0 Å². The van der Waals surface area contributed by atoms with Crippen molar-refractivity contribution < 1.29 is 71.3 Å². The molecule has 3 heterocycles. The van der Waals surface area contributed by atoms with Crippen LogP contribution in [0.15, 0.2) is 60.7 Å². The molecule has 0 aromatic heterocycles. The Hall–Kier alpha value is -4.45. The topological polar surface area (TPSA) is 190 Å². The molecule has 1 N–H and O–H groups in total. The Kier molecular flexibility index (Phi) is 13.3. The quantitative estimate of drug-likeness (QED) is 0.247. The van der Waals surface area contributed by atoms with Crippen molar-refractivity contribution in [3.05, 3.63) is 71.8 Å². The van der Waals surface area contributed by atoms with Crippen molar-refractivity contribution >= 4 is 29.8 Å². The molecule has 52 heavy (non-hydrogen) atoms. The Morgan fingerprint density at radius 1 is 0.692 bits per heavy atom. The first-order valence-corrected chi connectivity index (χ1v) is 16.8. The fourth-order valence-corrected chi connectivity index (χ4v) is 6.25. The van der Waals surface area contributed by atoms with Gasteiger partial charge in [0, 0.05) is 40.2 Å². The van der Waals surface area contributed by atoms with Crippen LogP contribution >= 0.6 is 0 Å². The third-order valence-corrected chi connectivity index (χ3v) is 8.28. The van der Waals surface area contributed by atoms with E-state index in [2.05, 4.69) is 5.32 Å². The molecular formula is C36H43NO15. The summed E-state index contributed by atoms with van der Waals surface area (Å²) in [6, 6.07) is 17.4. The third kappa shape index (κ3) is 10.1. The standard InChI is InChI=1S/C36H43NO15/c1-19(38)37-28-31(52-36-33(48-23(5)42)32(47-22(4)41)30(46-21(3)40)26(50-36)17-43-20(2)39)29-27(18-45-34(51-29)25-14-10-7-11-15-25)49-35(28)44-16-24-12-8-6-9-13-24/h6-15,26-36H,16-18H2,1-5H3,(H,37,38). The van der Waals surface area contributed by atoms with Crippen LogP contribution in [0, 0.1) is 0 Å².